The van der Waals surface area contributed by atoms with Crippen molar-refractivity contribution in [1.29, 1.82) is 0 Å². The molecule has 148 valence electrons. The first-order chi connectivity index (χ1) is 13.6. The van der Waals surface area contributed by atoms with E-state index in [0.29, 0.717) is 35.3 Å². The van der Waals surface area contributed by atoms with Gasteiger partial charge in [0.1, 0.15) is 10.4 Å². The monoisotopic (exact) mass is 420 g/mol. The lowest BCUT2D eigenvalue weighted by Gasteiger charge is -2.35. The maximum Gasteiger partial charge on any atom is 0.410 e. The molecule has 0 saturated carbocycles. The Bertz CT molecular complexity index is 864. The summed E-state index contributed by atoms with van der Waals surface area (Å²) in [5.74, 6) is 0.359. The predicted octanol–water partition coefficient (Wildman–Crippen LogP) is 4.21. The maximum absolute atomic E-state index is 12.8. The normalized spacial score (nSPS) is 20.4. The highest BCUT2D eigenvalue weighted by Gasteiger charge is 2.39. The number of ether oxygens (including phenoxy) is 2. The summed E-state index contributed by atoms with van der Waals surface area (Å²) in [4.78, 5) is 28.8. The highest BCUT2D eigenvalue weighted by Crippen LogP contribution is 2.36. The highest BCUT2D eigenvalue weighted by atomic mass is 35.5. The summed E-state index contributed by atoms with van der Waals surface area (Å²) < 4.78 is 11.3. The highest BCUT2D eigenvalue weighted by molar-refractivity contribution is 7.15. The zero-order valence-corrected chi connectivity index (χ0v) is 17.0. The van der Waals surface area contributed by atoms with Crippen LogP contribution in [0.2, 0.25) is 4.34 Å². The van der Waals surface area contributed by atoms with Gasteiger partial charge in [0.2, 0.25) is 0 Å². The van der Waals surface area contributed by atoms with Gasteiger partial charge in [-0.25, -0.2) is 4.79 Å². The van der Waals surface area contributed by atoms with Gasteiger partial charge in [-0.2, -0.15) is 0 Å². The van der Waals surface area contributed by atoms with Crippen molar-refractivity contribution in [1.82, 2.24) is 9.80 Å². The molecule has 0 N–H and O–H groups in total. The quantitative estimate of drug-likeness (QED) is 0.743. The first-order valence-electron chi connectivity index (χ1n) is 9.21. The molecule has 0 radical (unpaired) electrons. The molecule has 2 aromatic rings. The number of carbonyl (C=O) groups excluding carboxylic acids is 2. The third kappa shape index (κ3) is 3.56. The van der Waals surface area contributed by atoms with Gasteiger partial charge >= 0.3 is 6.09 Å². The molecule has 4 rings (SSSR count). The molecule has 2 amide bonds. The number of nitrogens with zero attached hydrogens (tertiary/aromatic N) is 2. The van der Waals surface area contributed by atoms with Crippen molar-refractivity contribution in [2.24, 2.45) is 0 Å². The van der Waals surface area contributed by atoms with E-state index in [9.17, 15) is 9.59 Å². The summed E-state index contributed by atoms with van der Waals surface area (Å²) in [7, 11) is 1.51. The number of carbonyl (C=O) groups is 2. The van der Waals surface area contributed by atoms with E-state index in [-0.39, 0.29) is 24.1 Å². The molecule has 2 aliphatic heterocycles. The van der Waals surface area contributed by atoms with E-state index in [1.807, 2.05) is 35.2 Å². The van der Waals surface area contributed by atoms with Gasteiger partial charge in [-0.05, 0) is 18.4 Å². The molecular weight excluding hydrogens is 400 g/mol. The minimum atomic E-state index is -0.273. The van der Waals surface area contributed by atoms with Crippen LogP contribution in [0.25, 0.3) is 0 Å². The second kappa shape index (κ2) is 8.01. The van der Waals surface area contributed by atoms with Crippen molar-refractivity contribution in [2.75, 3.05) is 26.7 Å². The molecular formula is C20H21ClN2O4S. The van der Waals surface area contributed by atoms with Crippen molar-refractivity contribution in [3.05, 3.63) is 51.2 Å². The van der Waals surface area contributed by atoms with Crippen LogP contribution in [0.3, 0.4) is 0 Å². The Balaban J connectivity index is 1.38. The van der Waals surface area contributed by atoms with Crippen molar-refractivity contribution < 1.29 is 19.1 Å². The largest absolute Gasteiger partial charge is 0.493 e. The fourth-order valence-electron chi connectivity index (χ4n) is 3.83. The van der Waals surface area contributed by atoms with Gasteiger partial charge in [0, 0.05) is 24.5 Å². The lowest BCUT2D eigenvalue weighted by Crippen LogP contribution is -2.47. The number of rotatable bonds is 4. The van der Waals surface area contributed by atoms with Crippen LogP contribution < -0.4 is 4.74 Å². The molecule has 0 aliphatic carbocycles. The fourth-order valence-corrected chi connectivity index (χ4v) is 4.87. The summed E-state index contributed by atoms with van der Waals surface area (Å²) in [6, 6.07) is 9.87. The molecule has 1 atom stereocenters. The Hall–Kier alpha value is -2.25. The Morgan fingerprint density at radius 1 is 1.25 bits per heavy atom. The van der Waals surface area contributed by atoms with E-state index in [1.165, 1.54) is 18.4 Å². The van der Waals surface area contributed by atoms with Crippen molar-refractivity contribution in [2.45, 2.75) is 25.0 Å². The minimum absolute atomic E-state index is 0.0791. The first kappa shape index (κ1) is 19.1. The molecule has 0 spiro atoms. The van der Waals surface area contributed by atoms with Gasteiger partial charge in [-0.15, -0.1) is 11.3 Å². The summed E-state index contributed by atoms with van der Waals surface area (Å²) in [6.07, 6.45) is 0.945. The molecule has 8 heteroatoms. The Morgan fingerprint density at radius 2 is 1.96 bits per heavy atom. The lowest BCUT2D eigenvalue weighted by atomic mass is 10.0. The standard InChI is InChI=1S/C20H21ClN2O4S/c1-26-17-15(12-28-18(17)21)19(24)22-9-7-14(8-10-22)23-11-16(27-20(23)25)13-5-3-2-4-6-13/h2-6,12,14,16H,7-11H2,1H3. The molecule has 1 unspecified atom stereocenters. The zero-order chi connectivity index (χ0) is 19.7. The average Bonchev–Trinajstić information content (AvgIpc) is 3.30. The summed E-state index contributed by atoms with van der Waals surface area (Å²) in [5, 5.41) is 1.73. The Labute approximate surface area is 172 Å². The molecule has 6 nitrogen and oxygen atoms in total. The molecule has 1 aromatic carbocycles. The van der Waals surface area contributed by atoms with Crippen LogP contribution in [0.1, 0.15) is 34.9 Å². The van der Waals surface area contributed by atoms with Crippen LogP contribution in [0.15, 0.2) is 35.7 Å². The number of cyclic esters (lactones) is 1. The van der Waals surface area contributed by atoms with Crippen LogP contribution in [0, 0.1) is 0 Å². The summed E-state index contributed by atoms with van der Waals surface area (Å²) >= 11 is 7.37. The number of benzene rings is 1. The molecule has 0 bridgehead atoms. The van der Waals surface area contributed by atoms with E-state index in [4.69, 9.17) is 21.1 Å². The lowest BCUT2D eigenvalue weighted by molar-refractivity contribution is 0.0656. The topological polar surface area (TPSA) is 59.1 Å². The Kier molecular flexibility index (Phi) is 5.46. The average molecular weight is 421 g/mol. The summed E-state index contributed by atoms with van der Waals surface area (Å²) in [5.41, 5.74) is 1.51. The van der Waals surface area contributed by atoms with Gasteiger partial charge in [0.15, 0.2) is 5.75 Å². The van der Waals surface area contributed by atoms with E-state index in [1.54, 1.807) is 10.3 Å². The number of hydrogen-bond donors (Lipinski definition) is 0. The van der Waals surface area contributed by atoms with Crippen LogP contribution in [-0.2, 0) is 4.74 Å². The van der Waals surface area contributed by atoms with Crippen LogP contribution >= 0.6 is 22.9 Å². The van der Waals surface area contributed by atoms with Gasteiger partial charge in [0.25, 0.3) is 5.91 Å². The number of thiophene rings is 1. The number of hydrogen-bond acceptors (Lipinski definition) is 5. The maximum atomic E-state index is 12.8. The van der Waals surface area contributed by atoms with E-state index >= 15 is 0 Å². The molecule has 1 aromatic heterocycles. The van der Waals surface area contributed by atoms with Gasteiger partial charge < -0.3 is 19.3 Å². The number of amides is 2. The molecule has 2 aliphatic rings. The molecule has 28 heavy (non-hydrogen) atoms. The molecule has 2 fully saturated rings. The zero-order valence-electron chi connectivity index (χ0n) is 15.5. The predicted molar refractivity (Wildman–Crippen MR) is 107 cm³/mol. The smallest absolute Gasteiger partial charge is 0.410 e. The van der Waals surface area contributed by atoms with Gasteiger partial charge in [0.05, 0.1) is 19.2 Å². The van der Waals surface area contributed by atoms with Crippen molar-refractivity contribution in [3.63, 3.8) is 0 Å². The minimum Gasteiger partial charge on any atom is -0.493 e. The fraction of sp³-hybridized carbons (Fsp3) is 0.400. The van der Waals surface area contributed by atoms with Crippen LogP contribution in [-0.4, -0.2) is 54.6 Å². The van der Waals surface area contributed by atoms with Gasteiger partial charge in [-0.3, -0.25) is 4.79 Å². The molecule has 2 saturated heterocycles. The Morgan fingerprint density at radius 3 is 2.64 bits per heavy atom. The van der Waals surface area contributed by atoms with Crippen molar-refractivity contribution in [3.8, 4) is 5.75 Å². The number of methoxy groups -OCH3 is 1. The van der Waals surface area contributed by atoms with Gasteiger partial charge in [-0.1, -0.05) is 41.9 Å². The van der Waals surface area contributed by atoms with Crippen LogP contribution in [0.4, 0.5) is 4.79 Å². The number of likely N-dealkylation sites (tertiary alicyclic amines) is 1. The second-order valence-corrected chi connectivity index (χ2v) is 8.40. The SMILES string of the molecule is COc1c(C(=O)N2CCC(N3CC(c4ccccc4)OC3=O)CC2)csc1Cl. The van der Waals surface area contributed by atoms with Crippen LogP contribution in [0.5, 0.6) is 5.75 Å². The summed E-state index contributed by atoms with van der Waals surface area (Å²) in [6.45, 7) is 1.72. The first-order valence-corrected chi connectivity index (χ1v) is 10.5. The number of piperidine rings is 1. The van der Waals surface area contributed by atoms with E-state index in [2.05, 4.69) is 0 Å². The molecule has 3 heterocycles. The second-order valence-electron chi connectivity index (χ2n) is 6.92. The van der Waals surface area contributed by atoms with E-state index in [0.717, 1.165) is 18.4 Å². The third-order valence-corrected chi connectivity index (χ3v) is 6.53. The third-order valence-electron chi connectivity index (χ3n) is 5.34. The number of halogens is 1. The van der Waals surface area contributed by atoms with E-state index < -0.39 is 0 Å². The van der Waals surface area contributed by atoms with Crippen molar-refractivity contribution >= 4 is 34.9 Å².